The fraction of sp³-hybridized carbons (Fsp3) is 0.250. The quantitative estimate of drug-likeness (QED) is 0.929. The van der Waals surface area contributed by atoms with Crippen LogP contribution in [0.25, 0.3) is 0 Å². The van der Waals surface area contributed by atoms with Gasteiger partial charge < -0.3 is 5.32 Å². The molecule has 1 heterocycles. The molecular formula is C12H13BrN2S. The molecule has 1 N–H and O–H groups in total. The highest BCUT2D eigenvalue weighted by Crippen LogP contribution is 2.18. The van der Waals surface area contributed by atoms with Crippen molar-refractivity contribution in [2.75, 3.05) is 0 Å². The van der Waals surface area contributed by atoms with Gasteiger partial charge in [0.2, 0.25) is 0 Å². The van der Waals surface area contributed by atoms with Crippen LogP contribution in [0.4, 0.5) is 0 Å². The largest absolute Gasteiger partial charge is 0.305 e. The van der Waals surface area contributed by atoms with Gasteiger partial charge in [-0.05, 0) is 24.6 Å². The second-order valence-electron chi connectivity index (χ2n) is 3.63. The Labute approximate surface area is 108 Å². The van der Waals surface area contributed by atoms with E-state index in [0.717, 1.165) is 11.0 Å². The number of benzene rings is 1. The zero-order valence-electron chi connectivity index (χ0n) is 8.98. The summed E-state index contributed by atoms with van der Waals surface area (Å²) in [6.45, 7) is 3.04. The van der Waals surface area contributed by atoms with Crippen LogP contribution in [0, 0.1) is 0 Å². The van der Waals surface area contributed by atoms with Gasteiger partial charge in [0.25, 0.3) is 0 Å². The molecule has 2 aromatic rings. The van der Waals surface area contributed by atoms with E-state index in [1.807, 2.05) is 17.8 Å². The van der Waals surface area contributed by atoms with E-state index in [1.54, 1.807) is 11.3 Å². The Balaban J connectivity index is 1.95. The van der Waals surface area contributed by atoms with Gasteiger partial charge in [-0.2, -0.15) is 0 Å². The Bertz CT molecular complexity index is 442. The van der Waals surface area contributed by atoms with Crippen LogP contribution in [0.5, 0.6) is 0 Å². The zero-order chi connectivity index (χ0) is 11.4. The maximum absolute atomic E-state index is 4.06. The second-order valence-corrected chi connectivity index (χ2v) is 5.51. The van der Waals surface area contributed by atoms with Crippen molar-refractivity contribution in [1.29, 1.82) is 0 Å². The normalized spacial score (nSPS) is 12.6. The van der Waals surface area contributed by atoms with Gasteiger partial charge in [-0.1, -0.05) is 28.1 Å². The molecule has 2 nitrogen and oxygen atoms in total. The summed E-state index contributed by atoms with van der Waals surface area (Å²) < 4.78 is 1.12. The SMILES string of the molecule is C[C@H](NCc1cncs1)c1cccc(Br)c1. The van der Waals surface area contributed by atoms with E-state index in [4.69, 9.17) is 0 Å². The van der Waals surface area contributed by atoms with Gasteiger partial charge >= 0.3 is 0 Å². The first-order valence-electron chi connectivity index (χ1n) is 5.12. The predicted molar refractivity (Wildman–Crippen MR) is 71.5 cm³/mol. The molecule has 0 spiro atoms. The summed E-state index contributed by atoms with van der Waals surface area (Å²) in [5.74, 6) is 0. The number of rotatable bonds is 4. The third kappa shape index (κ3) is 3.14. The first-order valence-corrected chi connectivity index (χ1v) is 6.79. The Morgan fingerprint density at radius 1 is 1.50 bits per heavy atom. The molecule has 84 valence electrons. The van der Waals surface area contributed by atoms with Crippen LogP contribution >= 0.6 is 27.3 Å². The van der Waals surface area contributed by atoms with Gasteiger partial charge in [0.05, 0.1) is 5.51 Å². The molecule has 2 rings (SSSR count). The molecule has 0 amide bonds. The number of aromatic nitrogens is 1. The Kier molecular flexibility index (Phi) is 4.09. The molecule has 1 aromatic heterocycles. The van der Waals surface area contributed by atoms with Crippen molar-refractivity contribution in [2.24, 2.45) is 0 Å². The highest BCUT2D eigenvalue weighted by atomic mass is 79.9. The monoisotopic (exact) mass is 296 g/mol. The molecule has 0 aliphatic carbocycles. The van der Waals surface area contributed by atoms with E-state index in [2.05, 4.69) is 51.4 Å². The summed E-state index contributed by atoms with van der Waals surface area (Å²) in [5, 5.41) is 3.48. The second kappa shape index (κ2) is 5.57. The van der Waals surface area contributed by atoms with Crippen LogP contribution in [-0.2, 0) is 6.54 Å². The van der Waals surface area contributed by atoms with Gasteiger partial charge in [-0.25, -0.2) is 0 Å². The minimum atomic E-state index is 0.347. The number of hydrogen-bond donors (Lipinski definition) is 1. The van der Waals surface area contributed by atoms with Crippen LogP contribution in [0.1, 0.15) is 23.4 Å². The number of nitrogens with zero attached hydrogens (tertiary/aromatic N) is 1. The summed E-state index contributed by atoms with van der Waals surface area (Å²) in [5.41, 5.74) is 3.15. The highest BCUT2D eigenvalue weighted by molar-refractivity contribution is 9.10. The van der Waals surface area contributed by atoms with Crippen molar-refractivity contribution < 1.29 is 0 Å². The molecule has 0 radical (unpaired) electrons. The molecule has 4 heteroatoms. The van der Waals surface area contributed by atoms with E-state index in [1.165, 1.54) is 10.4 Å². The minimum absolute atomic E-state index is 0.347. The molecule has 0 aliphatic rings. The van der Waals surface area contributed by atoms with Gasteiger partial charge in [0, 0.05) is 28.1 Å². The van der Waals surface area contributed by atoms with Crippen molar-refractivity contribution in [3.8, 4) is 0 Å². The molecule has 0 unspecified atom stereocenters. The fourth-order valence-electron chi connectivity index (χ4n) is 1.48. The van der Waals surface area contributed by atoms with Crippen molar-refractivity contribution in [1.82, 2.24) is 10.3 Å². The standard InChI is InChI=1S/C12H13BrN2S/c1-9(10-3-2-4-11(13)5-10)15-7-12-6-14-8-16-12/h2-6,8-9,15H,7H2,1H3/t9-/m0/s1. The van der Waals surface area contributed by atoms with E-state index >= 15 is 0 Å². The Morgan fingerprint density at radius 2 is 2.38 bits per heavy atom. The van der Waals surface area contributed by atoms with E-state index in [9.17, 15) is 0 Å². The van der Waals surface area contributed by atoms with Crippen molar-refractivity contribution >= 4 is 27.3 Å². The summed E-state index contributed by atoms with van der Waals surface area (Å²) in [7, 11) is 0. The number of nitrogens with one attached hydrogen (secondary N) is 1. The first-order chi connectivity index (χ1) is 7.75. The third-order valence-corrected chi connectivity index (χ3v) is 3.69. The predicted octanol–water partition coefficient (Wildman–Crippen LogP) is 3.76. The van der Waals surface area contributed by atoms with Crippen LogP contribution in [0.15, 0.2) is 40.4 Å². The molecule has 1 aromatic carbocycles. The van der Waals surface area contributed by atoms with Crippen molar-refractivity contribution in [3.63, 3.8) is 0 Å². The first kappa shape index (κ1) is 11.8. The van der Waals surface area contributed by atoms with Gasteiger partial charge in [-0.3, -0.25) is 4.98 Å². The summed E-state index contributed by atoms with van der Waals surface area (Å²) >= 11 is 5.16. The Hall–Kier alpha value is -0.710. The Morgan fingerprint density at radius 3 is 3.06 bits per heavy atom. The maximum atomic E-state index is 4.06. The van der Waals surface area contributed by atoms with Gasteiger partial charge in [-0.15, -0.1) is 11.3 Å². The van der Waals surface area contributed by atoms with E-state index in [0.29, 0.717) is 6.04 Å². The number of halogens is 1. The molecule has 0 saturated carbocycles. The third-order valence-electron chi connectivity index (χ3n) is 2.41. The lowest BCUT2D eigenvalue weighted by Crippen LogP contribution is -2.17. The van der Waals surface area contributed by atoms with E-state index in [-0.39, 0.29) is 0 Å². The topological polar surface area (TPSA) is 24.9 Å². The van der Waals surface area contributed by atoms with Crippen LogP contribution in [-0.4, -0.2) is 4.98 Å². The van der Waals surface area contributed by atoms with Gasteiger partial charge in [0.1, 0.15) is 0 Å². The summed E-state index contributed by atoms with van der Waals surface area (Å²) in [4.78, 5) is 5.32. The van der Waals surface area contributed by atoms with Gasteiger partial charge in [0.15, 0.2) is 0 Å². The lowest BCUT2D eigenvalue weighted by molar-refractivity contribution is 0.578. The van der Waals surface area contributed by atoms with Crippen molar-refractivity contribution in [3.05, 3.63) is 50.9 Å². The fourth-order valence-corrected chi connectivity index (χ4v) is 2.44. The molecule has 16 heavy (non-hydrogen) atoms. The van der Waals surface area contributed by atoms with Crippen LogP contribution in [0.3, 0.4) is 0 Å². The number of thiazole rings is 1. The highest BCUT2D eigenvalue weighted by Gasteiger charge is 2.05. The molecule has 0 saturated heterocycles. The minimum Gasteiger partial charge on any atom is -0.305 e. The summed E-state index contributed by atoms with van der Waals surface area (Å²) in [6.07, 6.45) is 1.91. The molecular weight excluding hydrogens is 284 g/mol. The maximum Gasteiger partial charge on any atom is 0.0794 e. The molecule has 0 bridgehead atoms. The number of hydrogen-bond acceptors (Lipinski definition) is 3. The smallest absolute Gasteiger partial charge is 0.0794 e. The lowest BCUT2D eigenvalue weighted by Gasteiger charge is -2.13. The zero-order valence-corrected chi connectivity index (χ0v) is 11.4. The summed E-state index contributed by atoms with van der Waals surface area (Å²) in [6, 6.07) is 8.72. The molecule has 1 atom stereocenters. The van der Waals surface area contributed by atoms with Crippen molar-refractivity contribution in [2.45, 2.75) is 19.5 Å². The van der Waals surface area contributed by atoms with Crippen LogP contribution in [0.2, 0.25) is 0 Å². The molecule has 0 fully saturated rings. The average Bonchev–Trinajstić information content (AvgIpc) is 2.78. The lowest BCUT2D eigenvalue weighted by atomic mass is 10.1. The van der Waals surface area contributed by atoms with E-state index < -0.39 is 0 Å². The van der Waals surface area contributed by atoms with Crippen LogP contribution < -0.4 is 5.32 Å². The molecule has 0 aliphatic heterocycles. The average molecular weight is 297 g/mol.